The van der Waals surface area contributed by atoms with Crippen LogP contribution in [0.5, 0.6) is 0 Å². The summed E-state index contributed by atoms with van der Waals surface area (Å²) < 4.78 is 5.60. The van der Waals surface area contributed by atoms with E-state index in [4.69, 9.17) is 4.52 Å². The van der Waals surface area contributed by atoms with Crippen LogP contribution in [0.1, 0.15) is 51.2 Å². The van der Waals surface area contributed by atoms with Crippen molar-refractivity contribution >= 4 is 11.8 Å². The number of thioether (sulfide) groups is 1. The van der Waals surface area contributed by atoms with Crippen molar-refractivity contribution in [2.75, 3.05) is 13.1 Å². The monoisotopic (exact) mass is 255 g/mol. The highest BCUT2D eigenvalue weighted by Gasteiger charge is 2.21. The topological polar surface area (TPSA) is 51.0 Å². The zero-order valence-electron chi connectivity index (χ0n) is 10.8. The number of piperidine rings is 1. The van der Waals surface area contributed by atoms with E-state index in [9.17, 15) is 0 Å². The molecule has 0 unspecified atom stereocenters. The molecule has 0 amide bonds. The van der Waals surface area contributed by atoms with Crippen molar-refractivity contribution in [3.05, 3.63) is 11.7 Å². The fraction of sp³-hybridized carbons (Fsp3) is 0.833. The van der Waals surface area contributed by atoms with Crippen molar-refractivity contribution in [3.63, 3.8) is 0 Å². The van der Waals surface area contributed by atoms with Gasteiger partial charge in [-0.2, -0.15) is 4.98 Å². The van der Waals surface area contributed by atoms with E-state index < -0.39 is 0 Å². The molecule has 5 heteroatoms. The summed E-state index contributed by atoms with van der Waals surface area (Å²) >= 11 is 1.85. The summed E-state index contributed by atoms with van der Waals surface area (Å²) in [6, 6.07) is 0. The van der Waals surface area contributed by atoms with E-state index in [1.807, 2.05) is 11.8 Å². The first-order valence-corrected chi connectivity index (χ1v) is 7.20. The molecule has 1 atom stereocenters. The standard InChI is InChI=1S/C12H21N3OS/c1-12(2,3)17-8-10-14-11(16-15-10)9-5-4-6-13-7-9/h9,13H,4-8H2,1-3H3/t9-/m1/s1. The third kappa shape index (κ3) is 4.00. The van der Waals surface area contributed by atoms with Gasteiger partial charge in [-0.05, 0) is 19.4 Å². The second-order valence-electron chi connectivity index (χ2n) is 5.49. The number of nitrogens with one attached hydrogen (secondary N) is 1. The molecule has 0 bridgehead atoms. The minimum absolute atomic E-state index is 0.243. The Hall–Kier alpha value is -0.550. The zero-order chi connectivity index (χ0) is 12.3. The molecule has 4 nitrogen and oxygen atoms in total. The first kappa shape index (κ1) is 12.9. The van der Waals surface area contributed by atoms with Crippen molar-refractivity contribution in [1.82, 2.24) is 15.5 Å². The van der Waals surface area contributed by atoms with Crippen LogP contribution >= 0.6 is 11.8 Å². The lowest BCUT2D eigenvalue weighted by Crippen LogP contribution is -2.28. The van der Waals surface area contributed by atoms with Crippen LogP contribution in [0.4, 0.5) is 0 Å². The Labute approximate surface area is 107 Å². The maximum atomic E-state index is 5.35. The van der Waals surface area contributed by atoms with Gasteiger partial charge in [-0.15, -0.1) is 11.8 Å². The van der Waals surface area contributed by atoms with E-state index in [0.29, 0.717) is 5.92 Å². The number of nitrogens with zero attached hydrogens (tertiary/aromatic N) is 2. The average molecular weight is 255 g/mol. The summed E-state index contributed by atoms with van der Waals surface area (Å²) in [6.45, 7) is 8.67. The second-order valence-corrected chi connectivity index (χ2v) is 7.30. The average Bonchev–Trinajstić information content (AvgIpc) is 2.75. The summed E-state index contributed by atoms with van der Waals surface area (Å²) in [7, 11) is 0. The van der Waals surface area contributed by atoms with Crippen LogP contribution in [0, 0.1) is 0 Å². The molecular formula is C12H21N3OS. The van der Waals surface area contributed by atoms with Crippen LogP contribution in [0.2, 0.25) is 0 Å². The molecule has 1 N–H and O–H groups in total. The van der Waals surface area contributed by atoms with Crippen molar-refractivity contribution in [2.24, 2.45) is 0 Å². The zero-order valence-corrected chi connectivity index (χ0v) is 11.6. The van der Waals surface area contributed by atoms with Gasteiger partial charge in [-0.25, -0.2) is 0 Å². The highest BCUT2D eigenvalue weighted by molar-refractivity contribution is 7.99. The fourth-order valence-corrected chi connectivity index (χ4v) is 2.51. The molecule has 1 saturated heterocycles. The van der Waals surface area contributed by atoms with Crippen molar-refractivity contribution in [3.8, 4) is 0 Å². The molecule has 17 heavy (non-hydrogen) atoms. The third-order valence-electron chi connectivity index (χ3n) is 2.76. The van der Waals surface area contributed by atoms with Crippen LogP contribution < -0.4 is 5.32 Å². The molecule has 0 aromatic carbocycles. The van der Waals surface area contributed by atoms with Gasteiger partial charge in [0.05, 0.1) is 11.7 Å². The lowest BCUT2D eigenvalue weighted by Gasteiger charge is -2.18. The van der Waals surface area contributed by atoms with Gasteiger partial charge < -0.3 is 9.84 Å². The Morgan fingerprint density at radius 3 is 2.94 bits per heavy atom. The minimum atomic E-state index is 0.243. The molecule has 0 spiro atoms. The van der Waals surface area contributed by atoms with Crippen molar-refractivity contribution in [1.29, 1.82) is 0 Å². The van der Waals surface area contributed by atoms with Gasteiger partial charge in [0.2, 0.25) is 5.89 Å². The van der Waals surface area contributed by atoms with Gasteiger partial charge in [0.25, 0.3) is 0 Å². The number of aromatic nitrogens is 2. The Balaban J connectivity index is 1.91. The predicted molar refractivity (Wildman–Crippen MR) is 70.2 cm³/mol. The summed E-state index contributed by atoms with van der Waals surface area (Å²) in [4.78, 5) is 4.50. The minimum Gasteiger partial charge on any atom is -0.339 e. The van der Waals surface area contributed by atoms with E-state index in [-0.39, 0.29) is 4.75 Å². The summed E-state index contributed by atoms with van der Waals surface area (Å²) in [5.41, 5.74) is 0. The molecule has 1 fully saturated rings. The molecule has 0 radical (unpaired) electrons. The number of hydrogen-bond donors (Lipinski definition) is 1. The van der Waals surface area contributed by atoms with Crippen LogP contribution in [-0.4, -0.2) is 28.0 Å². The fourth-order valence-electron chi connectivity index (χ4n) is 1.84. The molecule has 2 rings (SSSR count). The molecule has 1 aromatic heterocycles. The van der Waals surface area contributed by atoms with Gasteiger partial charge in [-0.1, -0.05) is 25.9 Å². The van der Waals surface area contributed by atoms with Gasteiger partial charge in [0.1, 0.15) is 0 Å². The summed E-state index contributed by atoms with van der Waals surface area (Å²) in [5, 5.41) is 7.43. The van der Waals surface area contributed by atoms with E-state index >= 15 is 0 Å². The normalized spacial score (nSPS) is 21.7. The molecule has 1 aromatic rings. The summed E-state index contributed by atoms with van der Waals surface area (Å²) in [6.07, 6.45) is 2.35. The second kappa shape index (κ2) is 5.40. The van der Waals surface area contributed by atoms with E-state index in [0.717, 1.165) is 37.0 Å². The lowest BCUT2D eigenvalue weighted by atomic mass is 10.00. The van der Waals surface area contributed by atoms with Crippen LogP contribution in [0.15, 0.2) is 4.52 Å². The molecule has 0 aliphatic carbocycles. The first-order chi connectivity index (χ1) is 8.04. The van der Waals surface area contributed by atoms with Gasteiger partial charge >= 0.3 is 0 Å². The van der Waals surface area contributed by atoms with Crippen LogP contribution in [0.3, 0.4) is 0 Å². The molecule has 96 valence electrons. The molecular weight excluding hydrogens is 234 g/mol. The Kier molecular flexibility index (Phi) is 4.09. The van der Waals surface area contributed by atoms with Gasteiger partial charge in [0.15, 0.2) is 5.82 Å². The lowest BCUT2D eigenvalue weighted by molar-refractivity contribution is 0.320. The highest BCUT2D eigenvalue weighted by atomic mass is 32.2. The van der Waals surface area contributed by atoms with Gasteiger partial charge in [-0.3, -0.25) is 0 Å². The predicted octanol–water partition coefficient (Wildman–Crippen LogP) is 2.57. The summed E-state index contributed by atoms with van der Waals surface area (Å²) in [5.74, 6) is 2.87. The maximum absolute atomic E-state index is 5.35. The smallest absolute Gasteiger partial charge is 0.231 e. The molecule has 1 aliphatic heterocycles. The quantitative estimate of drug-likeness (QED) is 0.899. The highest BCUT2D eigenvalue weighted by Crippen LogP contribution is 2.27. The SMILES string of the molecule is CC(C)(C)SCc1noc([C@@H]2CCCNC2)n1. The molecule has 0 saturated carbocycles. The van der Waals surface area contributed by atoms with Gasteiger partial charge in [0, 0.05) is 11.3 Å². The van der Waals surface area contributed by atoms with E-state index in [2.05, 4.69) is 36.2 Å². The Morgan fingerprint density at radius 1 is 1.47 bits per heavy atom. The van der Waals surface area contributed by atoms with Crippen LogP contribution in [0.25, 0.3) is 0 Å². The van der Waals surface area contributed by atoms with Crippen molar-refractivity contribution in [2.45, 2.75) is 50.0 Å². The van der Waals surface area contributed by atoms with E-state index in [1.54, 1.807) is 0 Å². The molecule has 2 heterocycles. The molecule has 1 aliphatic rings. The maximum Gasteiger partial charge on any atom is 0.231 e. The Morgan fingerprint density at radius 2 is 2.29 bits per heavy atom. The largest absolute Gasteiger partial charge is 0.339 e. The first-order valence-electron chi connectivity index (χ1n) is 6.22. The van der Waals surface area contributed by atoms with E-state index in [1.165, 1.54) is 6.42 Å². The number of rotatable bonds is 3. The van der Waals surface area contributed by atoms with Crippen LogP contribution in [-0.2, 0) is 5.75 Å². The number of hydrogen-bond acceptors (Lipinski definition) is 5. The van der Waals surface area contributed by atoms with Crippen molar-refractivity contribution < 1.29 is 4.52 Å². The Bertz CT molecular complexity index is 353. The third-order valence-corrected chi connectivity index (χ3v) is 4.03.